The fraction of sp³-hybridized carbons (Fsp3) is 0.897. The van der Waals surface area contributed by atoms with Crippen molar-refractivity contribution in [3.05, 3.63) is 12.2 Å². The van der Waals surface area contributed by atoms with Crippen LogP contribution in [-0.4, -0.2) is 44.2 Å². The standard InChI is InChI=1S/C29H58NO2.BrH/c1-6-7-8-9-10-11-13-16-19-22-25-30(4,5)26-23-20-17-14-12-15-18-21-24-27-32-29(31)28(2)3;/h2,6-27H2,1,3-5H3;1H/q+1;/p-1. The molecule has 0 aliphatic rings. The van der Waals surface area contributed by atoms with E-state index in [4.69, 9.17) is 4.74 Å². The van der Waals surface area contributed by atoms with Gasteiger partial charge in [-0.15, -0.1) is 0 Å². The van der Waals surface area contributed by atoms with Crippen molar-refractivity contribution < 1.29 is 31.0 Å². The topological polar surface area (TPSA) is 26.3 Å². The number of carbonyl (C=O) groups is 1. The minimum absolute atomic E-state index is 0. The molecule has 0 rings (SSSR count). The van der Waals surface area contributed by atoms with E-state index in [-0.39, 0.29) is 23.0 Å². The normalized spacial score (nSPS) is 11.3. The number of carbonyl (C=O) groups excluding carboxylic acids is 1. The lowest BCUT2D eigenvalue weighted by Crippen LogP contribution is -3.00. The monoisotopic (exact) mass is 531 g/mol. The maximum absolute atomic E-state index is 11.3. The molecule has 0 aliphatic heterocycles. The molecule has 0 saturated heterocycles. The molecule has 0 spiro atoms. The van der Waals surface area contributed by atoms with Crippen molar-refractivity contribution >= 4 is 5.97 Å². The number of unbranched alkanes of at least 4 members (excludes halogenated alkanes) is 17. The molecule has 0 heterocycles. The highest BCUT2D eigenvalue weighted by molar-refractivity contribution is 5.86. The number of quaternary nitrogens is 1. The summed E-state index contributed by atoms with van der Waals surface area (Å²) in [6, 6.07) is 0. The van der Waals surface area contributed by atoms with Crippen LogP contribution in [0.15, 0.2) is 12.2 Å². The summed E-state index contributed by atoms with van der Waals surface area (Å²) >= 11 is 0. The number of ether oxygens (including phenoxy) is 1. The van der Waals surface area contributed by atoms with Crippen molar-refractivity contribution in [3.63, 3.8) is 0 Å². The van der Waals surface area contributed by atoms with Gasteiger partial charge < -0.3 is 26.2 Å². The van der Waals surface area contributed by atoms with Crippen LogP contribution in [0.1, 0.15) is 136 Å². The predicted octanol–water partition coefficient (Wildman–Crippen LogP) is 5.62. The second-order valence-corrected chi connectivity index (χ2v) is 10.7. The molecule has 0 radical (unpaired) electrons. The van der Waals surface area contributed by atoms with Crippen LogP contribution in [0.2, 0.25) is 0 Å². The molecular formula is C29H58BrNO2. The van der Waals surface area contributed by atoms with Gasteiger partial charge in [-0.25, -0.2) is 4.79 Å². The molecule has 0 atom stereocenters. The van der Waals surface area contributed by atoms with Gasteiger partial charge in [0.1, 0.15) is 0 Å². The highest BCUT2D eigenvalue weighted by atomic mass is 79.9. The summed E-state index contributed by atoms with van der Waals surface area (Å²) in [5.74, 6) is -0.254. The van der Waals surface area contributed by atoms with Gasteiger partial charge in [-0.3, -0.25) is 0 Å². The first-order valence-electron chi connectivity index (χ1n) is 14.0. The molecule has 4 heteroatoms. The maximum Gasteiger partial charge on any atom is 0.333 e. The average Bonchev–Trinajstić information content (AvgIpc) is 2.75. The van der Waals surface area contributed by atoms with Gasteiger partial charge in [0.15, 0.2) is 0 Å². The van der Waals surface area contributed by atoms with Crippen LogP contribution in [0.25, 0.3) is 0 Å². The maximum atomic E-state index is 11.3. The van der Waals surface area contributed by atoms with Gasteiger partial charge >= 0.3 is 5.97 Å². The summed E-state index contributed by atoms with van der Waals surface area (Å²) in [7, 11) is 4.84. The van der Waals surface area contributed by atoms with Crippen molar-refractivity contribution in [2.75, 3.05) is 33.8 Å². The predicted molar refractivity (Wildman–Crippen MR) is 141 cm³/mol. The zero-order valence-electron chi connectivity index (χ0n) is 22.9. The highest BCUT2D eigenvalue weighted by Gasteiger charge is 2.13. The summed E-state index contributed by atoms with van der Waals surface area (Å²) < 4.78 is 6.33. The quantitative estimate of drug-likeness (QED) is 0.0698. The van der Waals surface area contributed by atoms with Gasteiger partial charge in [0.25, 0.3) is 0 Å². The second-order valence-electron chi connectivity index (χ2n) is 10.7. The van der Waals surface area contributed by atoms with Crippen molar-refractivity contribution in [2.45, 2.75) is 136 Å². The Bertz CT molecular complexity index is 451. The lowest BCUT2D eigenvalue weighted by Gasteiger charge is -2.30. The molecular weight excluding hydrogens is 474 g/mol. The van der Waals surface area contributed by atoms with Gasteiger partial charge in [-0.05, 0) is 39.0 Å². The zero-order valence-corrected chi connectivity index (χ0v) is 24.5. The minimum atomic E-state index is -0.254. The first kappa shape index (κ1) is 34.8. The van der Waals surface area contributed by atoms with Crippen LogP contribution < -0.4 is 17.0 Å². The molecule has 0 aromatic rings. The molecule has 0 N–H and O–H groups in total. The molecule has 0 aromatic carbocycles. The fourth-order valence-electron chi connectivity index (χ4n) is 4.31. The van der Waals surface area contributed by atoms with E-state index >= 15 is 0 Å². The largest absolute Gasteiger partial charge is 1.00 e. The molecule has 0 saturated carbocycles. The van der Waals surface area contributed by atoms with Crippen LogP contribution in [0, 0.1) is 0 Å². The number of esters is 1. The Morgan fingerprint density at radius 2 is 0.970 bits per heavy atom. The molecule has 3 nitrogen and oxygen atoms in total. The number of hydrogen-bond donors (Lipinski definition) is 0. The fourth-order valence-corrected chi connectivity index (χ4v) is 4.31. The first-order chi connectivity index (χ1) is 15.4. The zero-order chi connectivity index (χ0) is 23.9. The number of hydrogen-bond acceptors (Lipinski definition) is 2. The van der Waals surface area contributed by atoms with Gasteiger partial charge in [0.05, 0.1) is 33.8 Å². The summed E-state index contributed by atoms with van der Waals surface area (Å²) in [5.41, 5.74) is 0.492. The lowest BCUT2D eigenvalue weighted by atomic mass is 10.1. The van der Waals surface area contributed by atoms with Crippen LogP contribution in [-0.2, 0) is 9.53 Å². The van der Waals surface area contributed by atoms with Gasteiger partial charge in [0.2, 0.25) is 0 Å². The third kappa shape index (κ3) is 26.1. The van der Waals surface area contributed by atoms with E-state index in [1.807, 2.05) is 0 Å². The smallest absolute Gasteiger partial charge is 0.333 e. The van der Waals surface area contributed by atoms with E-state index in [1.165, 1.54) is 127 Å². The van der Waals surface area contributed by atoms with Crippen molar-refractivity contribution in [3.8, 4) is 0 Å². The van der Waals surface area contributed by atoms with Gasteiger partial charge in [0, 0.05) is 5.57 Å². The van der Waals surface area contributed by atoms with E-state index in [1.54, 1.807) is 6.92 Å². The van der Waals surface area contributed by atoms with Gasteiger partial charge in [-0.1, -0.05) is 103 Å². The molecule has 0 amide bonds. The minimum Gasteiger partial charge on any atom is -1.00 e. The molecule has 198 valence electrons. The summed E-state index contributed by atoms with van der Waals surface area (Å²) in [4.78, 5) is 11.3. The summed E-state index contributed by atoms with van der Waals surface area (Å²) in [5, 5.41) is 0. The van der Waals surface area contributed by atoms with Crippen molar-refractivity contribution in [1.82, 2.24) is 0 Å². The summed E-state index contributed by atoms with van der Waals surface area (Å²) in [6.07, 6.45) is 25.9. The Kier molecular flexibility index (Phi) is 26.1. The molecule has 0 fully saturated rings. The average molecular weight is 533 g/mol. The molecule has 33 heavy (non-hydrogen) atoms. The Balaban J connectivity index is 0. The van der Waals surface area contributed by atoms with Crippen LogP contribution in [0.3, 0.4) is 0 Å². The highest BCUT2D eigenvalue weighted by Crippen LogP contribution is 2.14. The molecule has 0 aromatic heterocycles. The molecule has 0 bridgehead atoms. The number of halogens is 1. The third-order valence-corrected chi connectivity index (χ3v) is 6.61. The van der Waals surface area contributed by atoms with E-state index in [0.29, 0.717) is 12.2 Å². The third-order valence-electron chi connectivity index (χ3n) is 6.61. The van der Waals surface area contributed by atoms with Crippen molar-refractivity contribution in [2.24, 2.45) is 0 Å². The Hall–Kier alpha value is -0.350. The SMILES string of the molecule is C=C(C)C(=O)OCCCCCCCCCCC[N+](C)(C)CCCCCCCCCCCC.[Br-]. The Labute approximate surface area is 218 Å². The first-order valence-corrected chi connectivity index (χ1v) is 14.0. The second kappa shape index (κ2) is 24.8. The van der Waals surface area contributed by atoms with Crippen LogP contribution in [0.5, 0.6) is 0 Å². The van der Waals surface area contributed by atoms with Crippen LogP contribution in [0.4, 0.5) is 0 Å². The van der Waals surface area contributed by atoms with E-state index in [2.05, 4.69) is 27.6 Å². The molecule has 0 unspecified atom stereocenters. The Morgan fingerprint density at radius 1 is 0.636 bits per heavy atom. The Morgan fingerprint density at radius 3 is 1.33 bits per heavy atom. The van der Waals surface area contributed by atoms with Gasteiger partial charge in [-0.2, -0.15) is 0 Å². The lowest BCUT2D eigenvalue weighted by molar-refractivity contribution is -0.890. The van der Waals surface area contributed by atoms with E-state index in [0.717, 1.165) is 12.8 Å². The van der Waals surface area contributed by atoms with Crippen LogP contribution >= 0.6 is 0 Å². The van der Waals surface area contributed by atoms with E-state index in [9.17, 15) is 4.79 Å². The van der Waals surface area contributed by atoms with E-state index < -0.39 is 0 Å². The number of nitrogens with zero attached hydrogens (tertiary/aromatic N) is 1. The van der Waals surface area contributed by atoms with Crippen molar-refractivity contribution in [1.29, 1.82) is 0 Å². The molecule has 0 aliphatic carbocycles. The number of rotatable bonds is 24. The summed E-state index contributed by atoms with van der Waals surface area (Å²) in [6.45, 7) is 10.8.